The fourth-order valence-electron chi connectivity index (χ4n) is 2.96. The summed E-state index contributed by atoms with van der Waals surface area (Å²) in [5.74, 6) is 1.41. The van der Waals surface area contributed by atoms with Gasteiger partial charge in [0.1, 0.15) is 5.75 Å². The van der Waals surface area contributed by atoms with E-state index >= 15 is 0 Å². The number of methoxy groups -OCH3 is 1. The molecule has 0 saturated carbocycles. The van der Waals surface area contributed by atoms with Gasteiger partial charge in [-0.2, -0.15) is 5.10 Å². The number of rotatable bonds is 9. The molecule has 0 aromatic heterocycles. The molecule has 7 heteroatoms. The van der Waals surface area contributed by atoms with Crippen molar-refractivity contribution < 1.29 is 14.3 Å². The molecule has 0 heterocycles. The predicted molar refractivity (Wildman–Crippen MR) is 135 cm³/mol. The lowest BCUT2D eigenvalue weighted by molar-refractivity contribution is -0.118. The molecule has 0 aliphatic rings. The number of carbonyl (C=O) groups excluding carboxylic acids is 2. The Labute approximate surface area is 198 Å². The number of hydrogen-bond donors (Lipinski definition) is 2. The summed E-state index contributed by atoms with van der Waals surface area (Å²) >= 11 is 1.54. The molecule has 6 nitrogen and oxygen atoms in total. The van der Waals surface area contributed by atoms with Crippen molar-refractivity contribution in [3.8, 4) is 5.75 Å². The van der Waals surface area contributed by atoms with Crippen molar-refractivity contribution in [2.75, 3.05) is 18.2 Å². The lowest BCUT2D eigenvalue weighted by Crippen LogP contribution is -2.21. The molecule has 0 spiro atoms. The summed E-state index contributed by atoms with van der Waals surface area (Å²) in [6.45, 7) is 3.86. The third-order valence-corrected chi connectivity index (χ3v) is 5.86. The van der Waals surface area contributed by atoms with Gasteiger partial charge in [-0.15, -0.1) is 11.8 Å². The molecule has 0 aliphatic heterocycles. The van der Waals surface area contributed by atoms with Crippen LogP contribution >= 0.6 is 11.8 Å². The number of aryl methyl sites for hydroxylation is 1. The van der Waals surface area contributed by atoms with E-state index < -0.39 is 0 Å². The maximum atomic E-state index is 12.5. The molecule has 170 valence electrons. The van der Waals surface area contributed by atoms with Crippen LogP contribution in [0.15, 0.2) is 77.9 Å². The van der Waals surface area contributed by atoms with E-state index in [9.17, 15) is 9.59 Å². The lowest BCUT2D eigenvalue weighted by atomic mass is 10.1. The highest BCUT2D eigenvalue weighted by Crippen LogP contribution is 2.16. The van der Waals surface area contributed by atoms with Crippen molar-refractivity contribution in [2.24, 2.45) is 5.10 Å². The van der Waals surface area contributed by atoms with E-state index in [1.165, 1.54) is 11.1 Å². The summed E-state index contributed by atoms with van der Waals surface area (Å²) in [5.41, 5.74) is 7.63. The monoisotopic (exact) mass is 461 g/mol. The van der Waals surface area contributed by atoms with Crippen molar-refractivity contribution >= 4 is 35.0 Å². The van der Waals surface area contributed by atoms with Gasteiger partial charge < -0.3 is 10.1 Å². The van der Waals surface area contributed by atoms with Crippen molar-refractivity contribution in [3.63, 3.8) is 0 Å². The van der Waals surface area contributed by atoms with Crippen LogP contribution in [0, 0.1) is 6.92 Å². The average Bonchev–Trinajstić information content (AvgIpc) is 2.84. The van der Waals surface area contributed by atoms with Gasteiger partial charge in [0, 0.05) is 17.0 Å². The van der Waals surface area contributed by atoms with Crippen LogP contribution in [0.5, 0.6) is 5.75 Å². The second-order valence-corrected chi connectivity index (χ2v) is 8.46. The van der Waals surface area contributed by atoms with E-state index in [-0.39, 0.29) is 11.8 Å². The smallest absolute Gasteiger partial charge is 0.255 e. The van der Waals surface area contributed by atoms with Crippen LogP contribution in [-0.2, 0) is 10.5 Å². The van der Waals surface area contributed by atoms with Gasteiger partial charge in [-0.3, -0.25) is 9.59 Å². The Kier molecular flexibility index (Phi) is 8.66. The number of ether oxygens (including phenoxy) is 1. The maximum Gasteiger partial charge on any atom is 0.255 e. The number of carbonyl (C=O) groups is 2. The molecule has 3 rings (SSSR count). The average molecular weight is 462 g/mol. The summed E-state index contributed by atoms with van der Waals surface area (Å²) in [4.78, 5) is 24.6. The number of nitrogens with one attached hydrogen (secondary N) is 2. The second-order valence-electron chi connectivity index (χ2n) is 7.47. The normalized spacial score (nSPS) is 11.1. The van der Waals surface area contributed by atoms with E-state index in [0.29, 0.717) is 28.5 Å². The molecule has 0 radical (unpaired) electrons. The van der Waals surface area contributed by atoms with Gasteiger partial charge in [-0.1, -0.05) is 42.0 Å². The number of hydrazone groups is 1. The zero-order valence-electron chi connectivity index (χ0n) is 18.9. The summed E-state index contributed by atoms with van der Waals surface area (Å²) < 4.78 is 5.12. The van der Waals surface area contributed by atoms with Crippen LogP contribution in [0.2, 0.25) is 0 Å². The van der Waals surface area contributed by atoms with E-state index in [0.717, 1.165) is 11.3 Å². The highest BCUT2D eigenvalue weighted by atomic mass is 32.2. The minimum atomic E-state index is -0.219. The first-order valence-electron chi connectivity index (χ1n) is 10.5. The predicted octanol–water partition coefficient (Wildman–Crippen LogP) is 5.03. The summed E-state index contributed by atoms with van der Waals surface area (Å²) in [7, 11) is 1.58. The van der Waals surface area contributed by atoms with Crippen LogP contribution in [0.25, 0.3) is 0 Å². The van der Waals surface area contributed by atoms with Gasteiger partial charge in [0.15, 0.2) is 0 Å². The van der Waals surface area contributed by atoms with E-state index in [4.69, 9.17) is 4.74 Å². The largest absolute Gasteiger partial charge is 0.497 e. The fourth-order valence-corrected chi connectivity index (χ4v) is 3.74. The zero-order chi connectivity index (χ0) is 23.6. The van der Waals surface area contributed by atoms with Crippen molar-refractivity contribution in [1.29, 1.82) is 0 Å². The number of amides is 2. The van der Waals surface area contributed by atoms with Crippen molar-refractivity contribution in [3.05, 3.63) is 95.1 Å². The number of benzene rings is 3. The van der Waals surface area contributed by atoms with Gasteiger partial charge >= 0.3 is 0 Å². The second kappa shape index (κ2) is 11.9. The van der Waals surface area contributed by atoms with Crippen LogP contribution in [0.3, 0.4) is 0 Å². The Bertz CT molecular complexity index is 1130. The van der Waals surface area contributed by atoms with Gasteiger partial charge in [-0.05, 0) is 61.4 Å². The molecule has 0 saturated heterocycles. The maximum absolute atomic E-state index is 12.5. The number of hydrogen-bond acceptors (Lipinski definition) is 5. The number of thioether (sulfide) groups is 1. The van der Waals surface area contributed by atoms with E-state index in [2.05, 4.69) is 47.0 Å². The van der Waals surface area contributed by atoms with Crippen LogP contribution < -0.4 is 15.5 Å². The molecule has 0 bridgehead atoms. The number of nitrogens with zero attached hydrogens (tertiary/aromatic N) is 1. The highest BCUT2D eigenvalue weighted by Gasteiger charge is 2.08. The molecule has 0 atom stereocenters. The molecular formula is C26H27N3O3S. The minimum Gasteiger partial charge on any atom is -0.497 e. The van der Waals surface area contributed by atoms with Crippen molar-refractivity contribution in [2.45, 2.75) is 19.6 Å². The molecule has 0 aliphatic carbocycles. The van der Waals surface area contributed by atoms with Crippen LogP contribution in [-0.4, -0.2) is 30.4 Å². The fraction of sp³-hybridized carbons (Fsp3) is 0.192. The Morgan fingerprint density at radius 1 is 0.970 bits per heavy atom. The van der Waals surface area contributed by atoms with Gasteiger partial charge in [0.05, 0.1) is 18.6 Å². The first-order chi connectivity index (χ1) is 15.9. The molecule has 2 amide bonds. The summed E-state index contributed by atoms with van der Waals surface area (Å²) in [6.07, 6.45) is 0. The minimum absolute atomic E-state index is 0.157. The van der Waals surface area contributed by atoms with Crippen LogP contribution in [0.1, 0.15) is 34.0 Å². The molecule has 0 fully saturated rings. The Morgan fingerprint density at radius 3 is 2.39 bits per heavy atom. The van der Waals surface area contributed by atoms with Crippen LogP contribution in [0.4, 0.5) is 5.69 Å². The highest BCUT2D eigenvalue weighted by molar-refractivity contribution is 7.99. The molecule has 2 N–H and O–H groups in total. The third-order valence-electron chi connectivity index (χ3n) is 4.86. The van der Waals surface area contributed by atoms with Gasteiger partial charge in [-0.25, -0.2) is 5.43 Å². The molecule has 33 heavy (non-hydrogen) atoms. The molecule has 0 unspecified atom stereocenters. The van der Waals surface area contributed by atoms with Crippen molar-refractivity contribution in [1.82, 2.24) is 5.43 Å². The first kappa shape index (κ1) is 24.1. The Hall–Kier alpha value is -3.58. The lowest BCUT2D eigenvalue weighted by Gasteiger charge is -2.08. The Balaban J connectivity index is 1.52. The Morgan fingerprint density at radius 2 is 1.70 bits per heavy atom. The zero-order valence-corrected chi connectivity index (χ0v) is 19.7. The first-order valence-corrected chi connectivity index (χ1v) is 11.6. The SMILES string of the molecule is COc1ccc(C(=O)Nc2cccc(/C(C)=N/NC(=O)CSCc3ccc(C)cc3)c2)cc1. The topological polar surface area (TPSA) is 79.8 Å². The molecular weight excluding hydrogens is 434 g/mol. The van der Waals surface area contributed by atoms with E-state index in [1.54, 1.807) is 49.2 Å². The third kappa shape index (κ3) is 7.50. The molecule has 3 aromatic rings. The quantitative estimate of drug-likeness (QED) is 0.346. The number of anilines is 1. The summed E-state index contributed by atoms with van der Waals surface area (Å²) in [6, 6.07) is 22.5. The molecule has 3 aromatic carbocycles. The summed E-state index contributed by atoms with van der Waals surface area (Å²) in [5, 5.41) is 7.08. The van der Waals surface area contributed by atoms with E-state index in [1.807, 2.05) is 25.1 Å². The van der Waals surface area contributed by atoms with Gasteiger partial charge in [0.25, 0.3) is 5.91 Å². The van der Waals surface area contributed by atoms with Gasteiger partial charge in [0.2, 0.25) is 5.91 Å². The standard InChI is InChI=1S/C26H27N3O3S/c1-18-7-9-20(10-8-18)16-33-17-25(30)29-28-19(2)22-5-4-6-23(15-22)27-26(31)21-11-13-24(32-3)14-12-21/h4-15H,16-17H2,1-3H3,(H,27,31)(H,29,30)/b28-19+.